The first-order valence-corrected chi connectivity index (χ1v) is 8.67. The van der Waals surface area contributed by atoms with E-state index in [4.69, 9.17) is 4.89 Å². The molecule has 0 heterocycles. The van der Waals surface area contributed by atoms with E-state index in [1.807, 2.05) is 0 Å². The molecule has 0 spiro atoms. The Labute approximate surface area is 131 Å². The van der Waals surface area contributed by atoms with Crippen LogP contribution in [0.15, 0.2) is 12.2 Å². The minimum Gasteiger partial charge on any atom is -0.293 e. The van der Waals surface area contributed by atoms with E-state index >= 15 is 0 Å². The highest BCUT2D eigenvalue weighted by Crippen LogP contribution is 2.11. The van der Waals surface area contributed by atoms with Gasteiger partial charge in [0.1, 0.15) is 0 Å². The summed E-state index contributed by atoms with van der Waals surface area (Å²) in [6, 6.07) is 0. The molecule has 0 aromatic rings. The van der Waals surface area contributed by atoms with Crippen molar-refractivity contribution in [3.8, 4) is 0 Å². The van der Waals surface area contributed by atoms with Crippen LogP contribution in [-0.4, -0.2) is 12.6 Å². The van der Waals surface area contributed by atoms with Gasteiger partial charge in [-0.15, -0.1) is 0 Å². The summed E-state index contributed by atoms with van der Waals surface area (Å²) in [6.07, 6.45) is 15.7. The molecule has 0 bridgehead atoms. The van der Waals surface area contributed by atoms with Crippen LogP contribution in [0.3, 0.4) is 0 Å². The fraction of sp³-hybridized carbons (Fsp3) is 0.833. The molecule has 0 N–H and O–H groups in total. The average molecular weight is 298 g/mol. The summed E-state index contributed by atoms with van der Waals surface area (Å²) < 4.78 is 0. The summed E-state index contributed by atoms with van der Waals surface area (Å²) >= 11 is 0. The maximum atomic E-state index is 11.0. The van der Waals surface area contributed by atoms with Gasteiger partial charge in [0.2, 0.25) is 0 Å². The summed E-state index contributed by atoms with van der Waals surface area (Å²) in [5.74, 6) is -0.478. The number of rotatable bonds is 15. The predicted molar refractivity (Wildman–Crippen MR) is 87.9 cm³/mol. The Morgan fingerprint density at radius 1 is 0.810 bits per heavy atom. The van der Waals surface area contributed by atoms with Crippen molar-refractivity contribution in [2.24, 2.45) is 0 Å². The van der Waals surface area contributed by atoms with E-state index in [1.54, 1.807) is 6.92 Å². The van der Waals surface area contributed by atoms with Gasteiger partial charge in [0, 0.05) is 5.57 Å². The molecule has 0 aromatic heterocycles. The molecular formula is C18H34O3. The average Bonchev–Trinajstić information content (AvgIpc) is 2.47. The third-order valence-corrected chi connectivity index (χ3v) is 3.56. The molecule has 3 nitrogen and oxygen atoms in total. The summed E-state index contributed by atoms with van der Waals surface area (Å²) in [7, 11) is 0. The zero-order chi connectivity index (χ0) is 15.8. The van der Waals surface area contributed by atoms with Gasteiger partial charge in [-0.2, -0.15) is 4.89 Å². The van der Waals surface area contributed by atoms with Crippen LogP contribution in [0.2, 0.25) is 0 Å². The highest BCUT2D eigenvalue weighted by molar-refractivity contribution is 5.86. The second kappa shape index (κ2) is 15.6. The van der Waals surface area contributed by atoms with Crippen molar-refractivity contribution in [2.45, 2.75) is 90.9 Å². The van der Waals surface area contributed by atoms with Crippen LogP contribution < -0.4 is 0 Å². The lowest BCUT2D eigenvalue weighted by molar-refractivity contribution is -0.268. The molecule has 124 valence electrons. The van der Waals surface area contributed by atoms with Gasteiger partial charge in [-0.25, -0.2) is 4.79 Å². The van der Waals surface area contributed by atoms with Crippen molar-refractivity contribution < 1.29 is 14.6 Å². The summed E-state index contributed by atoms with van der Waals surface area (Å²) in [5.41, 5.74) is 0.365. The quantitative estimate of drug-likeness (QED) is 0.167. The minimum absolute atomic E-state index is 0.365. The van der Waals surface area contributed by atoms with Crippen LogP contribution in [0.4, 0.5) is 0 Å². The van der Waals surface area contributed by atoms with E-state index in [1.165, 1.54) is 64.2 Å². The standard InChI is InChI=1S/C18H34O3/c1-4-5-6-7-8-9-10-11-12-13-14-15-16-20-21-18(19)17(2)3/h2,4-16H2,1,3H3. The molecule has 0 aliphatic heterocycles. The smallest absolute Gasteiger partial charge is 0.293 e. The van der Waals surface area contributed by atoms with Crippen LogP contribution >= 0.6 is 0 Å². The van der Waals surface area contributed by atoms with Gasteiger partial charge < -0.3 is 0 Å². The van der Waals surface area contributed by atoms with Gasteiger partial charge in [-0.05, 0) is 13.3 Å². The summed E-state index contributed by atoms with van der Waals surface area (Å²) in [5, 5.41) is 0. The zero-order valence-electron chi connectivity index (χ0n) is 14.1. The highest BCUT2D eigenvalue weighted by atomic mass is 17.2. The van der Waals surface area contributed by atoms with E-state index in [-0.39, 0.29) is 0 Å². The van der Waals surface area contributed by atoms with E-state index in [0.717, 1.165) is 12.8 Å². The monoisotopic (exact) mass is 298 g/mol. The Kier molecular flexibility index (Phi) is 14.9. The van der Waals surface area contributed by atoms with Gasteiger partial charge in [0.15, 0.2) is 0 Å². The van der Waals surface area contributed by atoms with Crippen LogP contribution in [-0.2, 0) is 14.6 Å². The highest BCUT2D eigenvalue weighted by Gasteiger charge is 2.03. The molecule has 0 atom stereocenters. The summed E-state index contributed by atoms with van der Waals surface area (Å²) in [4.78, 5) is 20.4. The lowest BCUT2D eigenvalue weighted by atomic mass is 10.1. The fourth-order valence-electron chi connectivity index (χ4n) is 2.17. The number of carbonyl (C=O) groups excluding carboxylic acids is 1. The van der Waals surface area contributed by atoms with Crippen LogP contribution in [0.1, 0.15) is 90.9 Å². The van der Waals surface area contributed by atoms with Crippen molar-refractivity contribution in [1.29, 1.82) is 0 Å². The molecule has 0 rings (SSSR count). The Morgan fingerprint density at radius 2 is 1.24 bits per heavy atom. The predicted octanol–water partition coefficient (Wildman–Crippen LogP) is 5.74. The SMILES string of the molecule is C=C(C)C(=O)OOCCCCCCCCCCCCCC. The van der Waals surface area contributed by atoms with Gasteiger partial charge in [0.05, 0.1) is 6.61 Å². The molecule has 0 fully saturated rings. The first-order chi connectivity index (χ1) is 10.2. The molecule has 0 amide bonds. The molecule has 3 heteroatoms. The van der Waals surface area contributed by atoms with Crippen LogP contribution in [0.25, 0.3) is 0 Å². The Morgan fingerprint density at radius 3 is 1.67 bits per heavy atom. The molecule has 0 radical (unpaired) electrons. The van der Waals surface area contributed by atoms with Gasteiger partial charge >= 0.3 is 5.97 Å². The van der Waals surface area contributed by atoms with Crippen molar-refractivity contribution in [1.82, 2.24) is 0 Å². The molecule has 0 aromatic carbocycles. The van der Waals surface area contributed by atoms with Crippen molar-refractivity contribution in [3.05, 3.63) is 12.2 Å². The zero-order valence-corrected chi connectivity index (χ0v) is 14.1. The van der Waals surface area contributed by atoms with E-state index in [9.17, 15) is 4.79 Å². The molecule has 0 unspecified atom stereocenters. The van der Waals surface area contributed by atoms with Crippen molar-refractivity contribution in [3.63, 3.8) is 0 Å². The second-order valence-corrected chi connectivity index (χ2v) is 5.86. The van der Waals surface area contributed by atoms with Crippen molar-refractivity contribution >= 4 is 5.97 Å². The Balaban J connectivity index is 3.06. The number of hydrogen-bond donors (Lipinski definition) is 0. The van der Waals surface area contributed by atoms with Gasteiger partial charge in [-0.1, -0.05) is 84.1 Å². The van der Waals surface area contributed by atoms with Crippen LogP contribution in [0, 0.1) is 0 Å². The molecule has 21 heavy (non-hydrogen) atoms. The lowest BCUT2D eigenvalue weighted by Crippen LogP contribution is -2.06. The van der Waals surface area contributed by atoms with E-state index in [2.05, 4.69) is 18.4 Å². The molecular weight excluding hydrogens is 264 g/mol. The van der Waals surface area contributed by atoms with Crippen molar-refractivity contribution in [2.75, 3.05) is 6.61 Å². The van der Waals surface area contributed by atoms with E-state index in [0.29, 0.717) is 12.2 Å². The lowest BCUT2D eigenvalue weighted by Gasteiger charge is -2.04. The molecule has 0 saturated heterocycles. The number of unbranched alkanes of at least 4 members (excludes halogenated alkanes) is 11. The second-order valence-electron chi connectivity index (χ2n) is 5.86. The number of hydrogen-bond acceptors (Lipinski definition) is 3. The van der Waals surface area contributed by atoms with Gasteiger partial charge in [-0.3, -0.25) is 4.89 Å². The maximum absolute atomic E-state index is 11.0. The number of carbonyl (C=O) groups is 1. The fourth-order valence-corrected chi connectivity index (χ4v) is 2.17. The van der Waals surface area contributed by atoms with E-state index < -0.39 is 5.97 Å². The third kappa shape index (κ3) is 15.4. The largest absolute Gasteiger partial charge is 0.368 e. The summed E-state index contributed by atoms with van der Waals surface area (Å²) in [6.45, 7) is 7.83. The van der Waals surface area contributed by atoms with Crippen LogP contribution in [0.5, 0.6) is 0 Å². The Bertz CT molecular complexity index is 261. The minimum atomic E-state index is -0.478. The Hall–Kier alpha value is -0.830. The first-order valence-electron chi connectivity index (χ1n) is 8.67. The maximum Gasteiger partial charge on any atom is 0.368 e. The first kappa shape index (κ1) is 20.2. The third-order valence-electron chi connectivity index (χ3n) is 3.56. The van der Waals surface area contributed by atoms with Gasteiger partial charge in [0.25, 0.3) is 0 Å². The normalized spacial score (nSPS) is 10.6. The molecule has 0 aliphatic rings. The topological polar surface area (TPSA) is 35.5 Å². The molecule has 0 aliphatic carbocycles. The molecule has 0 saturated carbocycles.